The molecule has 1 heterocycles. The van der Waals surface area contributed by atoms with E-state index in [4.69, 9.17) is 0 Å². The lowest BCUT2D eigenvalue weighted by molar-refractivity contribution is 0.467. The summed E-state index contributed by atoms with van der Waals surface area (Å²) in [6.45, 7) is 6.37. The molecular formula is C24H23NO. The summed E-state index contributed by atoms with van der Waals surface area (Å²) in [5, 5.41) is 11.8. The van der Waals surface area contributed by atoms with Crippen molar-refractivity contribution in [1.29, 1.82) is 0 Å². The predicted octanol–water partition coefficient (Wildman–Crippen LogP) is 5.98. The van der Waals surface area contributed by atoms with E-state index < -0.39 is 0 Å². The van der Waals surface area contributed by atoms with Gasteiger partial charge in [-0.1, -0.05) is 60.2 Å². The maximum atomic E-state index is 10.6. The van der Waals surface area contributed by atoms with E-state index in [1.54, 1.807) is 6.07 Å². The third-order valence-electron chi connectivity index (χ3n) is 5.16. The molecule has 2 heteroatoms. The van der Waals surface area contributed by atoms with Crippen LogP contribution in [0.5, 0.6) is 5.75 Å². The van der Waals surface area contributed by atoms with Crippen molar-refractivity contribution in [2.45, 2.75) is 26.7 Å². The summed E-state index contributed by atoms with van der Waals surface area (Å²) in [6.07, 6.45) is 0. The first-order valence-electron chi connectivity index (χ1n) is 8.98. The number of nitrogens with one attached hydrogen (secondary N) is 1. The number of hydrogen-bond donors (Lipinski definition) is 2. The molecule has 0 saturated heterocycles. The van der Waals surface area contributed by atoms with E-state index in [0.717, 1.165) is 16.8 Å². The Morgan fingerprint density at radius 2 is 1.58 bits per heavy atom. The molecule has 3 aromatic carbocycles. The standard InChI is InChI=1S/C24H23NO/c1-15-7-6-8-18(13-15)23(20-9-4-5-10-22(20)26)24-17(3)19-12-11-16(2)14-21(19)25-24/h4-14,23,25-26H,1-3H3. The Morgan fingerprint density at radius 1 is 0.808 bits per heavy atom. The molecule has 26 heavy (non-hydrogen) atoms. The molecule has 1 atom stereocenters. The summed E-state index contributed by atoms with van der Waals surface area (Å²) in [5.41, 5.74) is 8.06. The second-order valence-electron chi connectivity index (χ2n) is 7.12. The van der Waals surface area contributed by atoms with Crippen LogP contribution in [0.25, 0.3) is 10.9 Å². The van der Waals surface area contributed by atoms with Gasteiger partial charge in [-0.25, -0.2) is 0 Å². The Morgan fingerprint density at radius 3 is 2.35 bits per heavy atom. The van der Waals surface area contributed by atoms with Gasteiger partial charge < -0.3 is 10.1 Å². The van der Waals surface area contributed by atoms with E-state index in [-0.39, 0.29) is 5.92 Å². The normalized spacial score (nSPS) is 12.4. The maximum Gasteiger partial charge on any atom is 0.119 e. The van der Waals surface area contributed by atoms with Crippen molar-refractivity contribution < 1.29 is 5.11 Å². The zero-order valence-electron chi connectivity index (χ0n) is 15.4. The molecule has 0 aliphatic heterocycles. The molecular weight excluding hydrogens is 318 g/mol. The van der Waals surface area contributed by atoms with Gasteiger partial charge >= 0.3 is 0 Å². The molecule has 1 unspecified atom stereocenters. The number of phenols is 1. The quantitative estimate of drug-likeness (QED) is 0.472. The summed E-state index contributed by atoms with van der Waals surface area (Å²) in [7, 11) is 0. The van der Waals surface area contributed by atoms with Crippen LogP contribution in [0.1, 0.15) is 39.4 Å². The number of aryl methyl sites for hydroxylation is 3. The molecule has 0 spiro atoms. The lowest BCUT2D eigenvalue weighted by Crippen LogP contribution is -2.06. The van der Waals surface area contributed by atoms with Crippen LogP contribution in [0.15, 0.2) is 66.7 Å². The van der Waals surface area contributed by atoms with Crippen molar-refractivity contribution >= 4 is 10.9 Å². The van der Waals surface area contributed by atoms with E-state index in [1.807, 2.05) is 18.2 Å². The molecule has 0 radical (unpaired) electrons. The smallest absolute Gasteiger partial charge is 0.119 e. The average Bonchev–Trinajstić information content (AvgIpc) is 2.93. The van der Waals surface area contributed by atoms with Gasteiger partial charge in [-0.3, -0.25) is 0 Å². The first-order chi connectivity index (χ1) is 12.5. The molecule has 2 nitrogen and oxygen atoms in total. The Labute approximate surface area is 154 Å². The molecule has 0 aliphatic carbocycles. The van der Waals surface area contributed by atoms with Gasteiger partial charge in [0, 0.05) is 22.2 Å². The minimum absolute atomic E-state index is 0.0381. The highest BCUT2D eigenvalue weighted by atomic mass is 16.3. The summed E-state index contributed by atoms with van der Waals surface area (Å²) in [5.74, 6) is 0.289. The molecule has 0 bridgehead atoms. The van der Waals surface area contributed by atoms with Crippen LogP contribution in [0.3, 0.4) is 0 Å². The Balaban J connectivity index is 2.00. The number of rotatable bonds is 3. The lowest BCUT2D eigenvalue weighted by atomic mass is 9.85. The third-order valence-corrected chi connectivity index (χ3v) is 5.16. The van der Waals surface area contributed by atoms with Gasteiger partial charge in [-0.15, -0.1) is 0 Å². The SMILES string of the molecule is Cc1cccc(C(c2ccccc2O)c2[nH]c3cc(C)ccc3c2C)c1. The van der Waals surface area contributed by atoms with Crippen LogP contribution in [0.2, 0.25) is 0 Å². The Kier molecular flexibility index (Phi) is 4.04. The minimum Gasteiger partial charge on any atom is -0.508 e. The van der Waals surface area contributed by atoms with Gasteiger partial charge in [0.1, 0.15) is 5.75 Å². The lowest BCUT2D eigenvalue weighted by Gasteiger charge is -2.20. The molecule has 0 aliphatic rings. The fraction of sp³-hybridized carbons (Fsp3) is 0.167. The predicted molar refractivity (Wildman–Crippen MR) is 108 cm³/mol. The molecule has 4 aromatic rings. The molecule has 4 rings (SSSR count). The monoisotopic (exact) mass is 341 g/mol. The number of aromatic hydroxyl groups is 1. The number of H-pyrrole nitrogens is 1. The summed E-state index contributed by atoms with van der Waals surface area (Å²) in [6, 6.07) is 22.7. The maximum absolute atomic E-state index is 10.6. The fourth-order valence-corrected chi connectivity index (χ4v) is 3.84. The van der Waals surface area contributed by atoms with Gasteiger partial charge in [0.2, 0.25) is 0 Å². The molecule has 2 N–H and O–H groups in total. The molecule has 130 valence electrons. The van der Waals surface area contributed by atoms with Crippen molar-refractivity contribution in [3.8, 4) is 5.75 Å². The van der Waals surface area contributed by atoms with Crippen molar-refractivity contribution in [1.82, 2.24) is 4.98 Å². The van der Waals surface area contributed by atoms with E-state index in [2.05, 4.69) is 68.2 Å². The van der Waals surface area contributed by atoms with Crippen LogP contribution in [-0.2, 0) is 0 Å². The summed E-state index contributed by atoms with van der Waals surface area (Å²) in [4.78, 5) is 3.64. The molecule has 1 aromatic heterocycles. The topological polar surface area (TPSA) is 36.0 Å². The molecule has 0 saturated carbocycles. The van der Waals surface area contributed by atoms with Gasteiger partial charge in [0.15, 0.2) is 0 Å². The number of para-hydroxylation sites is 1. The number of phenolic OH excluding ortho intramolecular Hbond substituents is 1. The third kappa shape index (κ3) is 2.78. The first-order valence-corrected chi connectivity index (χ1v) is 8.98. The van der Waals surface area contributed by atoms with Crippen LogP contribution in [-0.4, -0.2) is 10.1 Å². The van der Waals surface area contributed by atoms with Gasteiger partial charge in [0.05, 0.1) is 5.92 Å². The van der Waals surface area contributed by atoms with Gasteiger partial charge in [-0.2, -0.15) is 0 Å². The van der Waals surface area contributed by atoms with Crippen molar-refractivity contribution in [3.05, 3.63) is 100 Å². The number of hydrogen-bond acceptors (Lipinski definition) is 1. The summed E-state index contributed by atoms with van der Waals surface area (Å²) < 4.78 is 0. The van der Waals surface area contributed by atoms with Crippen LogP contribution in [0, 0.1) is 20.8 Å². The number of fused-ring (bicyclic) bond motifs is 1. The van der Waals surface area contributed by atoms with Gasteiger partial charge in [0.25, 0.3) is 0 Å². The molecule has 0 amide bonds. The van der Waals surface area contributed by atoms with Crippen LogP contribution in [0.4, 0.5) is 0 Å². The van der Waals surface area contributed by atoms with Gasteiger partial charge in [-0.05, 0) is 49.6 Å². The van der Waals surface area contributed by atoms with Crippen molar-refractivity contribution in [2.24, 2.45) is 0 Å². The van der Waals surface area contributed by atoms with E-state index in [0.29, 0.717) is 5.75 Å². The van der Waals surface area contributed by atoms with Crippen molar-refractivity contribution in [3.63, 3.8) is 0 Å². The minimum atomic E-state index is -0.0381. The van der Waals surface area contributed by atoms with Crippen molar-refractivity contribution in [2.75, 3.05) is 0 Å². The Hall–Kier alpha value is -3.00. The second-order valence-corrected chi connectivity index (χ2v) is 7.12. The van der Waals surface area contributed by atoms with Crippen LogP contribution < -0.4 is 0 Å². The highest BCUT2D eigenvalue weighted by molar-refractivity contribution is 5.85. The first kappa shape index (κ1) is 16.5. The Bertz CT molecular complexity index is 1090. The van der Waals surface area contributed by atoms with E-state index in [9.17, 15) is 5.11 Å². The summed E-state index contributed by atoms with van der Waals surface area (Å²) >= 11 is 0. The van der Waals surface area contributed by atoms with E-state index in [1.165, 1.54) is 27.6 Å². The highest BCUT2D eigenvalue weighted by Crippen LogP contribution is 2.39. The zero-order valence-corrected chi connectivity index (χ0v) is 15.4. The number of aromatic amines is 1. The molecule has 0 fully saturated rings. The fourth-order valence-electron chi connectivity index (χ4n) is 3.84. The van der Waals surface area contributed by atoms with Crippen LogP contribution >= 0.6 is 0 Å². The highest BCUT2D eigenvalue weighted by Gasteiger charge is 2.24. The number of aromatic nitrogens is 1. The number of benzene rings is 3. The zero-order chi connectivity index (χ0) is 18.3. The largest absolute Gasteiger partial charge is 0.508 e. The second kappa shape index (κ2) is 6.38. The average molecular weight is 341 g/mol. The van der Waals surface area contributed by atoms with E-state index >= 15 is 0 Å².